The van der Waals surface area contributed by atoms with Crippen LogP contribution in [0, 0.1) is 0 Å². The smallest absolute Gasteiger partial charge is 0.0912 e. The summed E-state index contributed by atoms with van der Waals surface area (Å²) in [6.45, 7) is 0.880. The van der Waals surface area contributed by atoms with Crippen molar-refractivity contribution in [2.24, 2.45) is 0 Å². The maximum atomic E-state index is 5.32. The first-order valence-corrected chi connectivity index (χ1v) is 6.56. The highest BCUT2D eigenvalue weighted by atomic mass is 32.2. The molecule has 2 nitrogen and oxygen atoms in total. The summed E-state index contributed by atoms with van der Waals surface area (Å²) >= 11 is 2.12. The normalized spacial score (nSPS) is 29.5. The van der Waals surface area contributed by atoms with Crippen molar-refractivity contribution in [1.82, 2.24) is 5.32 Å². The lowest BCUT2D eigenvalue weighted by molar-refractivity contribution is 0.281. The molecular formula is C11H19NOS. The molecule has 0 aliphatic carbocycles. The van der Waals surface area contributed by atoms with Gasteiger partial charge in [0.05, 0.1) is 12.9 Å². The highest BCUT2D eigenvalue weighted by molar-refractivity contribution is 8.00. The van der Waals surface area contributed by atoms with Crippen LogP contribution in [0.5, 0.6) is 0 Å². The van der Waals surface area contributed by atoms with Crippen LogP contribution in [0.25, 0.3) is 0 Å². The first-order valence-electron chi connectivity index (χ1n) is 5.51. The monoisotopic (exact) mass is 213 g/mol. The Morgan fingerprint density at radius 1 is 1.57 bits per heavy atom. The van der Waals surface area contributed by atoms with Gasteiger partial charge in [0.1, 0.15) is 0 Å². The third-order valence-corrected chi connectivity index (χ3v) is 4.50. The number of rotatable bonds is 3. The van der Waals surface area contributed by atoms with Gasteiger partial charge in [-0.1, -0.05) is 6.42 Å². The van der Waals surface area contributed by atoms with E-state index in [0.717, 1.165) is 18.3 Å². The van der Waals surface area contributed by atoms with Crippen LogP contribution in [-0.2, 0) is 4.74 Å². The predicted octanol–water partition coefficient (Wildman–Crippen LogP) is 2.16. The van der Waals surface area contributed by atoms with Crippen molar-refractivity contribution in [3.8, 4) is 0 Å². The summed E-state index contributed by atoms with van der Waals surface area (Å²) in [5, 5.41) is 4.21. The molecule has 0 aromatic heterocycles. The maximum Gasteiger partial charge on any atom is 0.0912 e. The molecule has 0 amide bonds. The molecule has 2 aliphatic rings. The maximum absolute atomic E-state index is 5.32. The molecule has 0 saturated carbocycles. The Morgan fingerprint density at radius 3 is 3.07 bits per heavy atom. The molecule has 0 radical (unpaired) electrons. The fourth-order valence-electron chi connectivity index (χ4n) is 2.27. The van der Waals surface area contributed by atoms with Gasteiger partial charge in [0.25, 0.3) is 0 Å². The predicted molar refractivity (Wildman–Crippen MR) is 61.6 cm³/mol. The third-order valence-electron chi connectivity index (χ3n) is 3.04. The molecule has 80 valence electrons. The van der Waals surface area contributed by atoms with Crippen LogP contribution in [-0.4, -0.2) is 30.7 Å². The first-order chi connectivity index (χ1) is 6.92. The van der Waals surface area contributed by atoms with Crippen molar-refractivity contribution in [3.63, 3.8) is 0 Å². The summed E-state index contributed by atoms with van der Waals surface area (Å²) in [6, 6.07) is 0.544. The van der Waals surface area contributed by atoms with Crippen molar-refractivity contribution >= 4 is 11.8 Å². The van der Waals surface area contributed by atoms with Crippen LogP contribution < -0.4 is 5.32 Å². The highest BCUT2D eigenvalue weighted by Crippen LogP contribution is 2.31. The zero-order valence-electron chi connectivity index (χ0n) is 8.79. The fourth-order valence-corrected chi connectivity index (χ4v) is 3.78. The Balaban J connectivity index is 1.96. The van der Waals surface area contributed by atoms with Crippen molar-refractivity contribution in [3.05, 3.63) is 11.8 Å². The van der Waals surface area contributed by atoms with Crippen LogP contribution in [0.3, 0.4) is 0 Å². The van der Waals surface area contributed by atoms with Crippen LogP contribution in [0.1, 0.15) is 25.7 Å². The number of hydrogen-bond donors (Lipinski definition) is 1. The van der Waals surface area contributed by atoms with Crippen molar-refractivity contribution in [2.45, 2.75) is 37.0 Å². The SMILES string of the molecule is CNC(C1=COCC1)C1CCCCS1. The summed E-state index contributed by atoms with van der Waals surface area (Å²) in [4.78, 5) is 0. The molecular weight excluding hydrogens is 194 g/mol. The fraction of sp³-hybridized carbons (Fsp3) is 0.818. The lowest BCUT2D eigenvalue weighted by atomic mass is 9.99. The van der Waals surface area contributed by atoms with E-state index < -0.39 is 0 Å². The van der Waals surface area contributed by atoms with Gasteiger partial charge in [-0.3, -0.25) is 0 Å². The second kappa shape index (κ2) is 5.08. The van der Waals surface area contributed by atoms with Crippen LogP contribution in [0.4, 0.5) is 0 Å². The average molecular weight is 213 g/mol. The van der Waals surface area contributed by atoms with Gasteiger partial charge in [-0.05, 0) is 31.2 Å². The van der Waals surface area contributed by atoms with Gasteiger partial charge in [0.2, 0.25) is 0 Å². The molecule has 2 heterocycles. The van der Waals surface area contributed by atoms with Crippen LogP contribution in [0.15, 0.2) is 11.8 Å². The molecule has 2 aliphatic heterocycles. The van der Waals surface area contributed by atoms with Gasteiger partial charge < -0.3 is 10.1 Å². The molecule has 0 spiro atoms. The minimum Gasteiger partial charge on any atom is -0.501 e. The van der Waals surface area contributed by atoms with Gasteiger partial charge in [-0.2, -0.15) is 11.8 Å². The summed E-state index contributed by atoms with van der Waals surface area (Å²) < 4.78 is 5.32. The summed E-state index contributed by atoms with van der Waals surface area (Å²) in [5.41, 5.74) is 1.46. The van der Waals surface area contributed by atoms with E-state index in [-0.39, 0.29) is 0 Å². The number of hydrogen-bond acceptors (Lipinski definition) is 3. The Kier molecular flexibility index (Phi) is 3.76. The van der Waals surface area contributed by atoms with E-state index >= 15 is 0 Å². The Morgan fingerprint density at radius 2 is 2.50 bits per heavy atom. The standard InChI is InChI=1S/C11H19NOS/c1-12-11(9-5-6-13-8-9)10-4-2-3-7-14-10/h8,10-12H,2-7H2,1H3. The second-order valence-corrected chi connectivity index (χ2v) is 5.33. The van der Waals surface area contributed by atoms with E-state index in [4.69, 9.17) is 4.74 Å². The van der Waals surface area contributed by atoms with Gasteiger partial charge in [-0.15, -0.1) is 0 Å². The quantitative estimate of drug-likeness (QED) is 0.776. The van der Waals surface area contributed by atoms with Crippen molar-refractivity contribution < 1.29 is 4.74 Å². The molecule has 2 unspecified atom stereocenters. The van der Waals surface area contributed by atoms with Gasteiger partial charge in [0, 0.05) is 17.7 Å². The lowest BCUT2D eigenvalue weighted by Gasteiger charge is -2.29. The Bertz CT molecular complexity index is 211. The summed E-state index contributed by atoms with van der Waals surface area (Å²) in [7, 11) is 2.07. The molecule has 2 rings (SSSR count). The lowest BCUT2D eigenvalue weighted by Crippen LogP contribution is -2.38. The molecule has 0 bridgehead atoms. The molecule has 3 heteroatoms. The van der Waals surface area contributed by atoms with Crippen molar-refractivity contribution in [1.29, 1.82) is 0 Å². The third kappa shape index (κ3) is 2.26. The molecule has 2 atom stereocenters. The van der Waals surface area contributed by atoms with Crippen LogP contribution >= 0.6 is 11.8 Å². The molecule has 0 aromatic rings. The minimum atomic E-state index is 0.544. The van der Waals surface area contributed by atoms with Crippen LogP contribution in [0.2, 0.25) is 0 Å². The van der Waals surface area contributed by atoms with Gasteiger partial charge in [-0.25, -0.2) is 0 Å². The topological polar surface area (TPSA) is 21.3 Å². The van der Waals surface area contributed by atoms with Gasteiger partial charge >= 0.3 is 0 Å². The molecule has 14 heavy (non-hydrogen) atoms. The Hall–Kier alpha value is -0.150. The van der Waals surface area contributed by atoms with E-state index in [2.05, 4.69) is 24.1 Å². The number of thioether (sulfide) groups is 1. The van der Waals surface area contributed by atoms with E-state index in [1.807, 2.05) is 6.26 Å². The summed E-state index contributed by atoms with van der Waals surface area (Å²) in [5.74, 6) is 1.33. The first kappa shape index (κ1) is 10.4. The molecule has 1 N–H and O–H groups in total. The second-order valence-electron chi connectivity index (χ2n) is 3.98. The van der Waals surface area contributed by atoms with E-state index in [1.165, 1.54) is 30.6 Å². The zero-order chi connectivity index (χ0) is 9.80. The number of likely N-dealkylation sites (N-methyl/N-ethyl adjacent to an activating group) is 1. The number of ether oxygens (including phenoxy) is 1. The zero-order valence-corrected chi connectivity index (χ0v) is 9.61. The minimum absolute atomic E-state index is 0.544. The molecule has 1 saturated heterocycles. The Labute approximate surface area is 90.5 Å². The largest absolute Gasteiger partial charge is 0.501 e. The summed E-state index contributed by atoms with van der Waals surface area (Å²) in [6.07, 6.45) is 7.23. The molecule has 0 aromatic carbocycles. The van der Waals surface area contributed by atoms with E-state index in [9.17, 15) is 0 Å². The van der Waals surface area contributed by atoms with E-state index in [0.29, 0.717) is 6.04 Å². The highest BCUT2D eigenvalue weighted by Gasteiger charge is 2.27. The van der Waals surface area contributed by atoms with E-state index in [1.54, 1.807) is 0 Å². The molecule has 1 fully saturated rings. The average Bonchev–Trinajstić information content (AvgIpc) is 2.74. The number of nitrogens with one attached hydrogen (secondary N) is 1. The van der Waals surface area contributed by atoms with Crippen molar-refractivity contribution in [2.75, 3.05) is 19.4 Å². The van der Waals surface area contributed by atoms with Gasteiger partial charge in [0.15, 0.2) is 0 Å².